The van der Waals surface area contributed by atoms with E-state index >= 15 is 0 Å². The van der Waals surface area contributed by atoms with Crippen molar-refractivity contribution in [2.45, 2.75) is 69.9 Å². The van der Waals surface area contributed by atoms with Gasteiger partial charge >= 0.3 is 0 Å². The highest BCUT2D eigenvalue weighted by atomic mass is 15.1. The third-order valence-electron chi connectivity index (χ3n) is 4.15. The summed E-state index contributed by atoms with van der Waals surface area (Å²) in [6.07, 6.45) is 12.8. The van der Waals surface area contributed by atoms with Gasteiger partial charge in [0.05, 0.1) is 0 Å². The number of hydrogen-bond acceptors (Lipinski definition) is 2. The van der Waals surface area contributed by atoms with Crippen LogP contribution in [0.2, 0.25) is 0 Å². The molecule has 0 aromatic heterocycles. The molecule has 2 heteroatoms. The molecule has 0 aromatic carbocycles. The number of hydrogen-bond donors (Lipinski definition) is 1. The monoisotopic (exact) mass is 224 g/mol. The highest BCUT2D eigenvalue weighted by Gasteiger charge is 2.20. The Hall–Kier alpha value is -0.0800. The quantitative estimate of drug-likeness (QED) is 0.669. The third kappa shape index (κ3) is 4.42. The topological polar surface area (TPSA) is 15.3 Å². The van der Waals surface area contributed by atoms with Crippen molar-refractivity contribution in [2.75, 3.05) is 20.1 Å². The van der Waals surface area contributed by atoms with Crippen molar-refractivity contribution in [3.8, 4) is 0 Å². The SMILES string of the molecule is CN(CCCCNC1CC1)C1CCCCC1. The number of nitrogens with zero attached hydrogens (tertiary/aromatic N) is 1. The van der Waals surface area contributed by atoms with Gasteiger partial charge in [-0.05, 0) is 58.7 Å². The number of rotatable bonds is 7. The van der Waals surface area contributed by atoms with E-state index in [-0.39, 0.29) is 0 Å². The Morgan fingerprint density at radius 2 is 1.75 bits per heavy atom. The van der Waals surface area contributed by atoms with E-state index in [1.165, 1.54) is 70.9 Å². The molecule has 2 aliphatic carbocycles. The maximum absolute atomic E-state index is 3.59. The van der Waals surface area contributed by atoms with Crippen LogP contribution in [0.3, 0.4) is 0 Å². The molecule has 2 aliphatic rings. The molecule has 16 heavy (non-hydrogen) atoms. The molecule has 2 rings (SSSR count). The van der Waals surface area contributed by atoms with Crippen LogP contribution < -0.4 is 5.32 Å². The van der Waals surface area contributed by atoms with E-state index in [4.69, 9.17) is 0 Å². The highest BCUT2D eigenvalue weighted by molar-refractivity contribution is 4.80. The van der Waals surface area contributed by atoms with Crippen molar-refractivity contribution in [1.29, 1.82) is 0 Å². The maximum Gasteiger partial charge on any atom is 0.00922 e. The number of unbranched alkanes of at least 4 members (excludes halogenated alkanes) is 1. The summed E-state index contributed by atoms with van der Waals surface area (Å²) in [5, 5.41) is 3.59. The molecule has 0 aliphatic heterocycles. The van der Waals surface area contributed by atoms with Gasteiger partial charge in [0.25, 0.3) is 0 Å². The standard InChI is InChI=1S/C14H28N2/c1-16(14-7-3-2-4-8-14)12-6-5-11-15-13-9-10-13/h13-15H,2-12H2,1H3. The largest absolute Gasteiger partial charge is 0.314 e. The van der Waals surface area contributed by atoms with Crippen molar-refractivity contribution in [3.05, 3.63) is 0 Å². The van der Waals surface area contributed by atoms with Crippen LogP contribution >= 0.6 is 0 Å². The van der Waals surface area contributed by atoms with E-state index in [0.717, 1.165) is 12.1 Å². The molecule has 0 saturated heterocycles. The molecule has 2 nitrogen and oxygen atoms in total. The van der Waals surface area contributed by atoms with Crippen LogP contribution in [0.15, 0.2) is 0 Å². The first-order valence-electron chi connectivity index (χ1n) is 7.30. The first-order valence-corrected chi connectivity index (χ1v) is 7.30. The lowest BCUT2D eigenvalue weighted by molar-refractivity contribution is 0.189. The second-order valence-electron chi connectivity index (χ2n) is 5.71. The van der Waals surface area contributed by atoms with Crippen LogP contribution in [0.1, 0.15) is 57.8 Å². The van der Waals surface area contributed by atoms with E-state index in [1.54, 1.807) is 0 Å². The minimum atomic E-state index is 0.885. The molecule has 0 unspecified atom stereocenters. The molecule has 0 aromatic rings. The van der Waals surface area contributed by atoms with Gasteiger partial charge in [0.15, 0.2) is 0 Å². The Bertz CT molecular complexity index is 183. The summed E-state index contributed by atoms with van der Waals surface area (Å²) in [6.45, 7) is 2.54. The highest BCUT2D eigenvalue weighted by Crippen LogP contribution is 2.22. The molecule has 0 spiro atoms. The van der Waals surface area contributed by atoms with Crippen molar-refractivity contribution in [3.63, 3.8) is 0 Å². The van der Waals surface area contributed by atoms with Gasteiger partial charge in [0, 0.05) is 12.1 Å². The lowest BCUT2D eigenvalue weighted by Gasteiger charge is -2.31. The minimum Gasteiger partial charge on any atom is -0.314 e. The van der Waals surface area contributed by atoms with Crippen molar-refractivity contribution in [1.82, 2.24) is 10.2 Å². The third-order valence-corrected chi connectivity index (χ3v) is 4.15. The van der Waals surface area contributed by atoms with Crippen molar-refractivity contribution < 1.29 is 0 Å². The second-order valence-corrected chi connectivity index (χ2v) is 5.71. The summed E-state index contributed by atoms with van der Waals surface area (Å²) < 4.78 is 0. The molecular formula is C14H28N2. The van der Waals surface area contributed by atoms with Gasteiger partial charge in [-0.2, -0.15) is 0 Å². The molecule has 0 amide bonds. The lowest BCUT2D eigenvalue weighted by Crippen LogP contribution is -2.34. The molecule has 0 atom stereocenters. The predicted octanol–water partition coefficient (Wildman–Crippen LogP) is 2.78. The van der Waals surface area contributed by atoms with Crippen LogP contribution in [0, 0.1) is 0 Å². The molecule has 94 valence electrons. The Kier molecular flexibility index (Phi) is 5.11. The fourth-order valence-electron chi connectivity index (χ4n) is 2.78. The molecule has 0 radical (unpaired) electrons. The van der Waals surface area contributed by atoms with Crippen LogP contribution in [-0.4, -0.2) is 37.1 Å². The second kappa shape index (κ2) is 6.61. The smallest absolute Gasteiger partial charge is 0.00922 e. The molecular weight excluding hydrogens is 196 g/mol. The van der Waals surface area contributed by atoms with Crippen molar-refractivity contribution >= 4 is 0 Å². The molecule has 0 heterocycles. The maximum atomic E-state index is 3.59. The predicted molar refractivity (Wildman–Crippen MR) is 69.8 cm³/mol. The first kappa shape index (κ1) is 12.4. The average Bonchev–Trinajstić information content (AvgIpc) is 3.13. The molecule has 1 N–H and O–H groups in total. The van der Waals surface area contributed by atoms with E-state index in [2.05, 4.69) is 17.3 Å². The Balaban J connectivity index is 1.47. The van der Waals surface area contributed by atoms with Crippen LogP contribution in [0.4, 0.5) is 0 Å². The summed E-state index contributed by atoms with van der Waals surface area (Å²) >= 11 is 0. The molecule has 2 saturated carbocycles. The Morgan fingerprint density at radius 3 is 2.44 bits per heavy atom. The number of nitrogens with one attached hydrogen (secondary N) is 1. The molecule has 0 bridgehead atoms. The van der Waals surface area contributed by atoms with Gasteiger partial charge < -0.3 is 10.2 Å². The summed E-state index contributed by atoms with van der Waals surface area (Å²) in [5.41, 5.74) is 0. The van der Waals surface area contributed by atoms with Gasteiger partial charge in [0.2, 0.25) is 0 Å². The fourth-order valence-corrected chi connectivity index (χ4v) is 2.78. The Labute approximate surface area is 101 Å². The normalized spacial score (nSPS) is 22.9. The lowest BCUT2D eigenvalue weighted by atomic mass is 9.94. The fraction of sp³-hybridized carbons (Fsp3) is 1.00. The van der Waals surface area contributed by atoms with Crippen molar-refractivity contribution in [2.24, 2.45) is 0 Å². The van der Waals surface area contributed by atoms with Crippen LogP contribution in [-0.2, 0) is 0 Å². The van der Waals surface area contributed by atoms with E-state index in [1.807, 2.05) is 0 Å². The minimum absolute atomic E-state index is 0.885. The van der Waals surface area contributed by atoms with Gasteiger partial charge in [-0.25, -0.2) is 0 Å². The van der Waals surface area contributed by atoms with Gasteiger partial charge in [0.1, 0.15) is 0 Å². The Morgan fingerprint density at radius 1 is 1.00 bits per heavy atom. The van der Waals surface area contributed by atoms with E-state index < -0.39 is 0 Å². The average molecular weight is 224 g/mol. The summed E-state index contributed by atoms with van der Waals surface area (Å²) in [7, 11) is 2.32. The summed E-state index contributed by atoms with van der Waals surface area (Å²) in [5.74, 6) is 0. The summed E-state index contributed by atoms with van der Waals surface area (Å²) in [4.78, 5) is 2.61. The van der Waals surface area contributed by atoms with E-state index in [0.29, 0.717) is 0 Å². The zero-order valence-electron chi connectivity index (χ0n) is 10.9. The zero-order valence-corrected chi connectivity index (χ0v) is 10.9. The van der Waals surface area contributed by atoms with E-state index in [9.17, 15) is 0 Å². The van der Waals surface area contributed by atoms with Gasteiger partial charge in [-0.15, -0.1) is 0 Å². The zero-order chi connectivity index (χ0) is 11.2. The van der Waals surface area contributed by atoms with Crippen LogP contribution in [0.5, 0.6) is 0 Å². The molecule has 2 fully saturated rings. The summed E-state index contributed by atoms with van der Waals surface area (Å²) in [6, 6.07) is 1.78. The van der Waals surface area contributed by atoms with Crippen LogP contribution in [0.25, 0.3) is 0 Å². The first-order chi connectivity index (χ1) is 7.86. The van der Waals surface area contributed by atoms with Gasteiger partial charge in [-0.1, -0.05) is 19.3 Å². The van der Waals surface area contributed by atoms with Gasteiger partial charge in [-0.3, -0.25) is 0 Å².